The third-order valence-corrected chi connectivity index (χ3v) is 9.19. The summed E-state index contributed by atoms with van der Waals surface area (Å²) in [6.07, 6.45) is 0. The maximum absolute atomic E-state index is 6.31. The van der Waals surface area contributed by atoms with E-state index in [0.29, 0.717) is 0 Å². The number of hydrogen-bond donors (Lipinski definition) is 0. The predicted molar refractivity (Wildman–Crippen MR) is 188 cm³/mol. The Bertz CT molecular complexity index is 2770. The Morgan fingerprint density at radius 2 is 1.00 bits per heavy atom. The van der Waals surface area contributed by atoms with E-state index in [1.54, 1.807) is 0 Å². The fourth-order valence-corrected chi connectivity index (χ4v) is 7.18. The van der Waals surface area contributed by atoms with E-state index in [0.717, 1.165) is 60.9 Å². The third kappa shape index (κ3) is 3.58. The Hall–Kier alpha value is -6.06. The number of benzene rings is 8. The number of fused-ring (bicyclic) bond motifs is 11. The van der Waals surface area contributed by atoms with Gasteiger partial charge in [-0.05, 0) is 93.0 Å². The number of hydrogen-bond acceptors (Lipinski definition) is 3. The molecule has 0 unspecified atom stereocenters. The van der Waals surface area contributed by atoms with Crippen molar-refractivity contribution >= 4 is 93.3 Å². The highest BCUT2D eigenvalue weighted by atomic mass is 16.3. The summed E-state index contributed by atoms with van der Waals surface area (Å²) in [6.45, 7) is 0. The molecule has 10 aromatic rings. The number of rotatable bonds is 3. The van der Waals surface area contributed by atoms with Gasteiger partial charge in [-0.1, -0.05) is 91.0 Å². The van der Waals surface area contributed by atoms with Gasteiger partial charge < -0.3 is 13.7 Å². The summed E-state index contributed by atoms with van der Waals surface area (Å²) in [5.41, 5.74) is 6.87. The van der Waals surface area contributed by atoms with Crippen LogP contribution < -0.4 is 4.90 Å². The van der Waals surface area contributed by atoms with E-state index in [4.69, 9.17) is 8.83 Å². The van der Waals surface area contributed by atoms with Gasteiger partial charge in [0.05, 0.1) is 11.1 Å². The second kappa shape index (κ2) is 9.22. The number of anilines is 3. The molecule has 0 radical (unpaired) electrons. The van der Waals surface area contributed by atoms with Crippen LogP contribution in [0.2, 0.25) is 0 Å². The molecule has 3 heteroatoms. The topological polar surface area (TPSA) is 29.5 Å². The molecule has 0 N–H and O–H groups in total. The zero-order chi connectivity index (χ0) is 29.5. The molecule has 3 nitrogen and oxygen atoms in total. The first-order chi connectivity index (χ1) is 22.3. The van der Waals surface area contributed by atoms with Gasteiger partial charge in [-0.15, -0.1) is 0 Å². The van der Waals surface area contributed by atoms with Crippen LogP contribution in [0.4, 0.5) is 17.1 Å². The Balaban J connectivity index is 1.23. The molecule has 0 atom stereocenters. The summed E-state index contributed by atoms with van der Waals surface area (Å²) in [5.74, 6) is 0. The normalized spacial score (nSPS) is 12.0. The van der Waals surface area contributed by atoms with Gasteiger partial charge >= 0.3 is 0 Å². The first-order valence-electron chi connectivity index (χ1n) is 15.3. The molecule has 8 aromatic carbocycles. The first kappa shape index (κ1) is 24.4. The van der Waals surface area contributed by atoms with E-state index in [-0.39, 0.29) is 0 Å². The van der Waals surface area contributed by atoms with Gasteiger partial charge in [0.15, 0.2) is 0 Å². The van der Waals surface area contributed by atoms with Gasteiger partial charge in [-0.3, -0.25) is 0 Å². The van der Waals surface area contributed by atoms with Crippen LogP contribution in [0, 0.1) is 0 Å². The minimum absolute atomic E-state index is 0.879. The molecule has 210 valence electrons. The molecule has 0 fully saturated rings. The van der Waals surface area contributed by atoms with Crippen molar-refractivity contribution in [3.05, 3.63) is 152 Å². The second-order valence-corrected chi connectivity index (χ2v) is 11.7. The van der Waals surface area contributed by atoms with Crippen LogP contribution in [-0.4, -0.2) is 0 Å². The SMILES string of the molecule is c1ccc(N(c2ccc3c(ccc4ccc5cc6c(cc5c43)oc3ccccc36)c2)c2cccc3oc4ccccc4c23)cc1. The average Bonchev–Trinajstić information content (AvgIpc) is 3.66. The highest BCUT2D eigenvalue weighted by Crippen LogP contribution is 2.44. The maximum Gasteiger partial charge on any atom is 0.137 e. The van der Waals surface area contributed by atoms with Gasteiger partial charge in [0.1, 0.15) is 22.3 Å². The van der Waals surface area contributed by atoms with Crippen molar-refractivity contribution in [2.75, 3.05) is 4.90 Å². The molecule has 0 amide bonds. The summed E-state index contributed by atoms with van der Waals surface area (Å²) < 4.78 is 12.6. The molecule has 0 saturated heterocycles. The zero-order valence-corrected chi connectivity index (χ0v) is 24.2. The largest absolute Gasteiger partial charge is 0.456 e. The second-order valence-electron chi connectivity index (χ2n) is 11.7. The lowest BCUT2D eigenvalue weighted by Crippen LogP contribution is -2.10. The molecule has 0 aliphatic carbocycles. The van der Waals surface area contributed by atoms with Crippen molar-refractivity contribution in [1.82, 2.24) is 0 Å². The summed E-state index contributed by atoms with van der Waals surface area (Å²) in [7, 11) is 0. The molecule has 2 aromatic heterocycles. The molecule has 45 heavy (non-hydrogen) atoms. The molecule has 0 aliphatic rings. The molecular weight excluding hydrogens is 550 g/mol. The van der Waals surface area contributed by atoms with Crippen molar-refractivity contribution in [2.24, 2.45) is 0 Å². The van der Waals surface area contributed by atoms with Gasteiger partial charge in [0.25, 0.3) is 0 Å². The summed E-state index contributed by atoms with van der Waals surface area (Å²) in [5, 5.41) is 11.8. The molecule has 0 bridgehead atoms. The molecule has 0 aliphatic heterocycles. The van der Waals surface area contributed by atoms with Crippen LogP contribution >= 0.6 is 0 Å². The Morgan fingerprint density at radius 3 is 1.84 bits per heavy atom. The first-order valence-corrected chi connectivity index (χ1v) is 15.3. The highest BCUT2D eigenvalue weighted by Gasteiger charge is 2.20. The smallest absolute Gasteiger partial charge is 0.137 e. The standard InChI is InChI=1S/C42H25NO2/c1-2-9-29(10-3-1)43(36-13-8-16-39-42(36)33-12-5-7-15-38(33)44-39)30-21-22-31-27(23-30)19-17-26-18-20-28-24-35-32-11-4-6-14-37(32)45-40(35)25-34(28)41(26)31/h1-25H. The van der Waals surface area contributed by atoms with Crippen LogP contribution in [0.25, 0.3) is 76.2 Å². The van der Waals surface area contributed by atoms with E-state index in [2.05, 4.69) is 132 Å². The number of para-hydroxylation sites is 3. The van der Waals surface area contributed by atoms with E-state index in [1.807, 2.05) is 24.3 Å². The van der Waals surface area contributed by atoms with Gasteiger partial charge in [-0.25, -0.2) is 0 Å². The van der Waals surface area contributed by atoms with Crippen LogP contribution in [0.15, 0.2) is 160 Å². The van der Waals surface area contributed by atoms with Gasteiger partial charge in [0, 0.05) is 27.5 Å². The molecule has 0 spiro atoms. The Kier molecular flexibility index (Phi) is 5.00. The van der Waals surface area contributed by atoms with Crippen molar-refractivity contribution in [3.8, 4) is 0 Å². The fourth-order valence-electron chi connectivity index (χ4n) is 7.18. The van der Waals surface area contributed by atoms with Crippen molar-refractivity contribution < 1.29 is 8.83 Å². The lowest BCUT2D eigenvalue weighted by atomic mass is 9.95. The number of nitrogens with zero attached hydrogens (tertiary/aromatic N) is 1. The van der Waals surface area contributed by atoms with Crippen LogP contribution in [-0.2, 0) is 0 Å². The van der Waals surface area contributed by atoms with E-state index < -0.39 is 0 Å². The van der Waals surface area contributed by atoms with Crippen LogP contribution in [0.5, 0.6) is 0 Å². The molecule has 2 heterocycles. The third-order valence-electron chi connectivity index (χ3n) is 9.19. The fraction of sp³-hybridized carbons (Fsp3) is 0. The van der Waals surface area contributed by atoms with Crippen molar-refractivity contribution in [3.63, 3.8) is 0 Å². The van der Waals surface area contributed by atoms with Gasteiger partial charge in [0.2, 0.25) is 0 Å². The number of furan rings is 2. The summed E-state index contributed by atoms with van der Waals surface area (Å²) in [4.78, 5) is 2.34. The van der Waals surface area contributed by atoms with E-state index in [9.17, 15) is 0 Å². The van der Waals surface area contributed by atoms with Gasteiger partial charge in [-0.2, -0.15) is 0 Å². The lowest BCUT2D eigenvalue weighted by Gasteiger charge is -2.26. The van der Waals surface area contributed by atoms with E-state index >= 15 is 0 Å². The lowest BCUT2D eigenvalue weighted by molar-refractivity contribution is 0.669. The average molecular weight is 576 g/mol. The van der Waals surface area contributed by atoms with Crippen LogP contribution in [0.3, 0.4) is 0 Å². The minimum Gasteiger partial charge on any atom is -0.456 e. The molecule has 0 saturated carbocycles. The zero-order valence-electron chi connectivity index (χ0n) is 24.2. The van der Waals surface area contributed by atoms with Crippen LogP contribution in [0.1, 0.15) is 0 Å². The van der Waals surface area contributed by atoms with E-state index in [1.165, 1.54) is 32.3 Å². The molecular formula is C42H25NO2. The molecule has 10 rings (SSSR count). The minimum atomic E-state index is 0.879. The highest BCUT2D eigenvalue weighted by molar-refractivity contribution is 6.23. The monoisotopic (exact) mass is 575 g/mol. The Morgan fingerprint density at radius 1 is 0.333 bits per heavy atom. The maximum atomic E-state index is 6.31. The predicted octanol–water partition coefficient (Wildman–Crippen LogP) is 12.4. The van der Waals surface area contributed by atoms with Crippen molar-refractivity contribution in [2.45, 2.75) is 0 Å². The summed E-state index contributed by atoms with van der Waals surface area (Å²) in [6, 6.07) is 53.7. The van der Waals surface area contributed by atoms with Crippen molar-refractivity contribution in [1.29, 1.82) is 0 Å². The summed E-state index contributed by atoms with van der Waals surface area (Å²) >= 11 is 0. The quantitative estimate of drug-likeness (QED) is 0.196. The Labute approximate surface area is 258 Å².